The topological polar surface area (TPSA) is 99.0 Å². The van der Waals surface area contributed by atoms with E-state index in [9.17, 15) is 19.7 Å². The molecular weight excluding hydrogens is 400 g/mol. The molecule has 31 heavy (non-hydrogen) atoms. The molecule has 0 spiro atoms. The van der Waals surface area contributed by atoms with Crippen molar-refractivity contribution < 1.29 is 24.0 Å². The summed E-state index contributed by atoms with van der Waals surface area (Å²) in [5.41, 5.74) is 4.52. The highest BCUT2D eigenvalue weighted by Crippen LogP contribution is 2.35. The second kappa shape index (κ2) is 9.16. The van der Waals surface area contributed by atoms with Crippen LogP contribution < -0.4 is 4.90 Å². The molecule has 0 saturated carbocycles. The quantitative estimate of drug-likeness (QED) is 0.391. The second-order valence-corrected chi connectivity index (χ2v) is 7.73. The van der Waals surface area contributed by atoms with Gasteiger partial charge in [-0.1, -0.05) is 6.07 Å². The van der Waals surface area contributed by atoms with E-state index in [1.54, 1.807) is 12.1 Å². The first-order valence-corrected chi connectivity index (χ1v) is 10.1. The van der Waals surface area contributed by atoms with Gasteiger partial charge in [0.05, 0.1) is 17.6 Å². The number of carbonyl (C=O) groups excluding carboxylic acids is 2. The molecule has 3 rings (SSSR count). The Hall–Kier alpha value is -3.42. The number of benzene rings is 2. The predicted octanol–water partition coefficient (Wildman–Crippen LogP) is 4.02. The zero-order valence-corrected chi connectivity index (χ0v) is 18.1. The number of nitro benzene ring substituents is 1. The zero-order chi connectivity index (χ0) is 22.7. The SMILES string of the molecule is COC(=O)[C@@H]1CCCN1c1c(C)cc(C)c(C(=O)OCc2ccc([N+](=O)[O-])cc2)c1C. The number of nitrogens with zero attached hydrogens (tertiary/aromatic N) is 2. The van der Waals surface area contributed by atoms with E-state index in [1.807, 2.05) is 31.7 Å². The fourth-order valence-electron chi connectivity index (χ4n) is 4.28. The molecule has 164 valence electrons. The number of hydrogen-bond donors (Lipinski definition) is 0. The molecule has 0 N–H and O–H groups in total. The Morgan fingerprint density at radius 1 is 1.16 bits per heavy atom. The highest BCUT2D eigenvalue weighted by Gasteiger charge is 2.34. The summed E-state index contributed by atoms with van der Waals surface area (Å²) in [4.78, 5) is 37.5. The van der Waals surface area contributed by atoms with Crippen LogP contribution in [0.5, 0.6) is 0 Å². The van der Waals surface area contributed by atoms with Crippen LogP contribution >= 0.6 is 0 Å². The highest BCUT2D eigenvalue weighted by atomic mass is 16.6. The number of anilines is 1. The van der Waals surface area contributed by atoms with Gasteiger partial charge in [0.2, 0.25) is 0 Å². The monoisotopic (exact) mass is 426 g/mol. The number of esters is 2. The van der Waals surface area contributed by atoms with Crippen molar-refractivity contribution in [2.24, 2.45) is 0 Å². The van der Waals surface area contributed by atoms with E-state index in [-0.39, 0.29) is 24.3 Å². The van der Waals surface area contributed by atoms with Crippen LogP contribution in [0.15, 0.2) is 30.3 Å². The lowest BCUT2D eigenvalue weighted by molar-refractivity contribution is -0.384. The number of ether oxygens (including phenoxy) is 2. The van der Waals surface area contributed by atoms with Gasteiger partial charge in [-0.3, -0.25) is 10.1 Å². The van der Waals surface area contributed by atoms with E-state index < -0.39 is 10.9 Å². The fourth-order valence-corrected chi connectivity index (χ4v) is 4.28. The molecular formula is C23H26N2O6. The van der Waals surface area contributed by atoms with Gasteiger partial charge in [0.1, 0.15) is 12.6 Å². The largest absolute Gasteiger partial charge is 0.467 e. The van der Waals surface area contributed by atoms with E-state index in [0.29, 0.717) is 24.1 Å². The third-order valence-electron chi connectivity index (χ3n) is 5.67. The third kappa shape index (κ3) is 4.52. The first-order valence-electron chi connectivity index (χ1n) is 10.1. The molecule has 2 aromatic carbocycles. The number of nitro groups is 1. The van der Waals surface area contributed by atoms with E-state index in [0.717, 1.165) is 28.8 Å². The Morgan fingerprint density at radius 3 is 2.45 bits per heavy atom. The minimum atomic E-state index is -0.476. The number of non-ortho nitro benzene ring substituents is 1. The molecule has 0 unspecified atom stereocenters. The summed E-state index contributed by atoms with van der Waals surface area (Å²) in [6.45, 7) is 6.40. The van der Waals surface area contributed by atoms with Gasteiger partial charge in [0, 0.05) is 24.4 Å². The average Bonchev–Trinajstić information content (AvgIpc) is 3.20. The molecule has 8 heteroatoms. The molecule has 1 aliphatic heterocycles. The van der Waals surface area contributed by atoms with E-state index in [4.69, 9.17) is 9.47 Å². The molecule has 0 amide bonds. The molecule has 0 aliphatic carbocycles. The van der Waals surface area contributed by atoms with Crippen molar-refractivity contribution in [2.45, 2.75) is 46.3 Å². The fraction of sp³-hybridized carbons (Fsp3) is 0.391. The molecule has 1 saturated heterocycles. The van der Waals surface area contributed by atoms with Gasteiger partial charge in [-0.15, -0.1) is 0 Å². The molecule has 1 atom stereocenters. The first kappa shape index (κ1) is 22.3. The zero-order valence-electron chi connectivity index (χ0n) is 18.1. The smallest absolute Gasteiger partial charge is 0.339 e. The van der Waals surface area contributed by atoms with Crippen LogP contribution in [0.1, 0.15) is 45.5 Å². The standard InChI is InChI=1S/C23H26N2O6/c1-14-12-15(2)21(24-11-5-6-19(24)22(26)30-4)16(3)20(14)23(27)31-13-17-7-9-18(10-8-17)25(28)29/h7-10,12,19H,5-6,11,13H2,1-4H3/t19-/m0/s1. The normalized spacial score (nSPS) is 15.6. The van der Waals surface area contributed by atoms with Crippen LogP contribution in [0.2, 0.25) is 0 Å². The van der Waals surface area contributed by atoms with Crippen molar-refractivity contribution in [2.75, 3.05) is 18.6 Å². The Balaban J connectivity index is 1.85. The molecule has 1 aliphatic rings. The van der Waals surface area contributed by atoms with Gasteiger partial charge in [-0.2, -0.15) is 0 Å². The van der Waals surface area contributed by atoms with Crippen molar-refractivity contribution in [1.29, 1.82) is 0 Å². The molecule has 0 bridgehead atoms. The minimum absolute atomic E-state index is 0.00736. The lowest BCUT2D eigenvalue weighted by Crippen LogP contribution is -2.38. The summed E-state index contributed by atoms with van der Waals surface area (Å²) >= 11 is 0. The van der Waals surface area contributed by atoms with Gasteiger partial charge in [-0.05, 0) is 68.0 Å². The second-order valence-electron chi connectivity index (χ2n) is 7.73. The Labute approximate surface area is 180 Å². The number of rotatable bonds is 6. The van der Waals surface area contributed by atoms with Crippen molar-refractivity contribution in [3.8, 4) is 0 Å². The lowest BCUT2D eigenvalue weighted by atomic mass is 9.96. The van der Waals surface area contributed by atoms with Crippen molar-refractivity contribution >= 4 is 23.3 Å². The van der Waals surface area contributed by atoms with Gasteiger partial charge >= 0.3 is 11.9 Å². The number of aryl methyl sites for hydroxylation is 2. The Bertz CT molecular complexity index is 1020. The van der Waals surface area contributed by atoms with E-state index >= 15 is 0 Å². The molecule has 0 radical (unpaired) electrons. The summed E-state index contributed by atoms with van der Waals surface area (Å²) < 4.78 is 10.5. The maximum Gasteiger partial charge on any atom is 0.339 e. The summed E-state index contributed by atoms with van der Waals surface area (Å²) in [7, 11) is 1.38. The van der Waals surface area contributed by atoms with Gasteiger partial charge in [-0.25, -0.2) is 9.59 Å². The maximum atomic E-state index is 12.9. The van der Waals surface area contributed by atoms with Gasteiger partial charge < -0.3 is 14.4 Å². The van der Waals surface area contributed by atoms with Gasteiger partial charge in [0.15, 0.2) is 0 Å². The predicted molar refractivity (Wildman–Crippen MR) is 115 cm³/mol. The Kier molecular flexibility index (Phi) is 6.58. The van der Waals surface area contributed by atoms with E-state index in [1.165, 1.54) is 19.2 Å². The van der Waals surface area contributed by atoms with Crippen molar-refractivity contribution in [3.63, 3.8) is 0 Å². The van der Waals surface area contributed by atoms with Crippen LogP contribution in [0.25, 0.3) is 0 Å². The molecule has 2 aromatic rings. The van der Waals surface area contributed by atoms with Crippen LogP contribution in [-0.4, -0.2) is 36.6 Å². The number of carbonyl (C=O) groups is 2. The summed E-state index contributed by atoms with van der Waals surface area (Å²) in [5, 5.41) is 10.8. The molecule has 1 heterocycles. The molecule has 8 nitrogen and oxygen atoms in total. The first-order chi connectivity index (χ1) is 14.7. The van der Waals surface area contributed by atoms with Gasteiger partial charge in [0.25, 0.3) is 5.69 Å². The Morgan fingerprint density at radius 2 is 1.84 bits per heavy atom. The number of hydrogen-bond acceptors (Lipinski definition) is 7. The minimum Gasteiger partial charge on any atom is -0.467 e. The summed E-state index contributed by atoms with van der Waals surface area (Å²) in [6.07, 6.45) is 1.58. The maximum absolute atomic E-state index is 12.9. The van der Waals surface area contributed by atoms with E-state index in [2.05, 4.69) is 0 Å². The van der Waals surface area contributed by atoms with Crippen LogP contribution in [0, 0.1) is 30.9 Å². The van der Waals surface area contributed by atoms with Crippen LogP contribution in [0.3, 0.4) is 0 Å². The third-order valence-corrected chi connectivity index (χ3v) is 5.67. The highest BCUT2D eigenvalue weighted by molar-refractivity contribution is 5.95. The summed E-state index contributed by atoms with van der Waals surface area (Å²) in [6, 6.07) is 7.45. The molecule has 1 fully saturated rings. The van der Waals surface area contributed by atoms with Crippen LogP contribution in [0.4, 0.5) is 11.4 Å². The van der Waals surface area contributed by atoms with Crippen molar-refractivity contribution in [3.05, 3.63) is 68.3 Å². The summed E-state index contributed by atoms with van der Waals surface area (Å²) in [5.74, 6) is -0.748. The number of methoxy groups -OCH3 is 1. The van der Waals surface area contributed by atoms with Crippen molar-refractivity contribution in [1.82, 2.24) is 0 Å². The van der Waals surface area contributed by atoms with Crippen LogP contribution in [-0.2, 0) is 20.9 Å². The molecule has 0 aromatic heterocycles. The lowest BCUT2D eigenvalue weighted by Gasteiger charge is -2.29. The average molecular weight is 426 g/mol.